The van der Waals surface area contributed by atoms with Gasteiger partial charge < -0.3 is 14.7 Å². The second kappa shape index (κ2) is 7.13. The number of nitrogens with zero attached hydrogens (tertiary/aromatic N) is 1. The first-order chi connectivity index (χ1) is 9.15. The highest BCUT2D eigenvalue weighted by atomic mass is 35.5. The van der Waals surface area contributed by atoms with Crippen LogP contribution in [-0.2, 0) is 0 Å². The summed E-state index contributed by atoms with van der Waals surface area (Å²) in [6.07, 6.45) is 2.05. The molecule has 19 heavy (non-hydrogen) atoms. The number of rotatable bonds is 5. The second-order valence-electron chi connectivity index (χ2n) is 5.40. The van der Waals surface area contributed by atoms with Crippen LogP contribution in [0.2, 0.25) is 5.02 Å². The SMILES string of the molecule is C[C@@H]1CCCN(C[C@H](O)COc2ccccc2Cl)C1. The molecule has 2 rings (SSSR count). The summed E-state index contributed by atoms with van der Waals surface area (Å²) in [5.74, 6) is 1.36. The minimum atomic E-state index is -0.471. The fraction of sp³-hybridized carbons (Fsp3) is 0.600. The maximum atomic E-state index is 10.0. The lowest BCUT2D eigenvalue weighted by Crippen LogP contribution is -2.41. The third-order valence-corrected chi connectivity index (χ3v) is 3.79. The molecule has 0 amide bonds. The summed E-state index contributed by atoms with van der Waals surface area (Å²) in [7, 11) is 0. The van der Waals surface area contributed by atoms with Crippen LogP contribution >= 0.6 is 11.6 Å². The summed E-state index contributed by atoms with van der Waals surface area (Å²) in [4.78, 5) is 2.31. The highest BCUT2D eigenvalue weighted by Crippen LogP contribution is 2.23. The number of β-amino-alcohol motifs (C(OH)–C–C–N with tert-alkyl or cyclic N) is 1. The summed E-state index contributed by atoms with van der Waals surface area (Å²) in [6.45, 7) is 5.37. The van der Waals surface area contributed by atoms with Gasteiger partial charge in [0.05, 0.1) is 5.02 Å². The van der Waals surface area contributed by atoms with E-state index in [0.29, 0.717) is 17.3 Å². The molecule has 4 heteroatoms. The zero-order valence-corrected chi connectivity index (χ0v) is 12.1. The van der Waals surface area contributed by atoms with E-state index >= 15 is 0 Å². The van der Waals surface area contributed by atoms with E-state index in [-0.39, 0.29) is 6.61 Å². The predicted octanol–water partition coefficient (Wildman–Crippen LogP) is 2.81. The van der Waals surface area contributed by atoms with Crippen molar-refractivity contribution in [2.75, 3.05) is 26.2 Å². The van der Waals surface area contributed by atoms with Gasteiger partial charge in [-0.1, -0.05) is 30.7 Å². The van der Waals surface area contributed by atoms with Crippen molar-refractivity contribution in [3.05, 3.63) is 29.3 Å². The topological polar surface area (TPSA) is 32.7 Å². The van der Waals surface area contributed by atoms with E-state index in [1.165, 1.54) is 12.8 Å². The standard InChI is InChI=1S/C15H22ClNO2/c1-12-5-4-8-17(9-12)10-13(18)11-19-15-7-3-2-6-14(15)16/h2-3,6-7,12-13,18H,4-5,8-11H2,1H3/t12-,13+/m1/s1. The Hall–Kier alpha value is -0.770. The quantitative estimate of drug-likeness (QED) is 0.902. The minimum absolute atomic E-state index is 0.286. The molecule has 1 aromatic rings. The van der Waals surface area contributed by atoms with E-state index in [4.69, 9.17) is 16.3 Å². The van der Waals surface area contributed by atoms with Gasteiger partial charge in [-0.15, -0.1) is 0 Å². The van der Waals surface area contributed by atoms with Gasteiger partial charge in [0.2, 0.25) is 0 Å². The number of piperidine rings is 1. The monoisotopic (exact) mass is 283 g/mol. The van der Waals surface area contributed by atoms with Crippen molar-refractivity contribution in [2.24, 2.45) is 5.92 Å². The molecule has 1 aromatic carbocycles. The van der Waals surface area contributed by atoms with Gasteiger partial charge in [-0.2, -0.15) is 0 Å². The Kier molecular flexibility index (Phi) is 5.49. The van der Waals surface area contributed by atoms with Crippen molar-refractivity contribution in [3.63, 3.8) is 0 Å². The van der Waals surface area contributed by atoms with Crippen molar-refractivity contribution in [1.29, 1.82) is 0 Å². The zero-order valence-electron chi connectivity index (χ0n) is 11.4. The first kappa shape index (κ1) is 14.6. The molecule has 106 valence electrons. The highest BCUT2D eigenvalue weighted by Gasteiger charge is 2.19. The van der Waals surface area contributed by atoms with E-state index < -0.39 is 6.10 Å². The Morgan fingerprint density at radius 3 is 3.00 bits per heavy atom. The zero-order chi connectivity index (χ0) is 13.7. The van der Waals surface area contributed by atoms with E-state index in [1.54, 1.807) is 6.07 Å². The molecule has 2 atom stereocenters. The van der Waals surface area contributed by atoms with Gasteiger partial charge in [-0.3, -0.25) is 0 Å². The smallest absolute Gasteiger partial charge is 0.138 e. The number of benzene rings is 1. The number of hydrogen-bond donors (Lipinski definition) is 1. The number of aliphatic hydroxyl groups excluding tert-OH is 1. The first-order valence-corrected chi connectivity index (χ1v) is 7.30. The van der Waals surface area contributed by atoms with Gasteiger partial charge in [0.1, 0.15) is 18.5 Å². The molecule has 0 aliphatic carbocycles. The Bertz CT molecular complexity index is 399. The van der Waals surface area contributed by atoms with Gasteiger partial charge in [-0.05, 0) is 37.4 Å². The van der Waals surface area contributed by atoms with E-state index in [0.717, 1.165) is 19.0 Å². The lowest BCUT2D eigenvalue weighted by Gasteiger charge is -2.32. The van der Waals surface area contributed by atoms with E-state index in [2.05, 4.69) is 11.8 Å². The van der Waals surface area contributed by atoms with Crippen LogP contribution in [-0.4, -0.2) is 42.4 Å². The lowest BCUT2D eigenvalue weighted by atomic mass is 10.0. The molecule has 0 bridgehead atoms. The molecule has 0 spiro atoms. The van der Waals surface area contributed by atoms with Crippen LogP contribution in [0.4, 0.5) is 0 Å². The van der Waals surface area contributed by atoms with Gasteiger partial charge >= 0.3 is 0 Å². The number of halogens is 1. The van der Waals surface area contributed by atoms with Crippen LogP contribution in [0.3, 0.4) is 0 Å². The van der Waals surface area contributed by atoms with Gasteiger partial charge in [-0.25, -0.2) is 0 Å². The Morgan fingerprint density at radius 2 is 2.26 bits per heavy atom. The molecule has 3 nitrogen and oxygen atoms in total. The summed E-state index contributed by atoms with van der Waals surface area (Å²) in [6, 6.07) is 7.34. The maximum absolute atomic E-state index is 10.0. The first-order valence-electron chi connectivity index (χ1n) is 6.93. The van der Waals surface area contributed by atoms with Crippen molar-refractivity contribution < 1.29 is 9.84 Å². The number of aliphatic hydroxyl groups is 1. The largest absolute Gasteiger partial charge is 0.489 e. The molecular formula is C15H22ClNO2. The van der Waals surface area contributed by atoms with Crippen LogP contribution in [0.5, 0.6) is 5.75 Å². The van der Waals surface area contributed by atoms with Crippen LogP contribution in [0, 0.1) is 5.92 Å². The summed E-state index contributed by atoms with van der Waals surface area (Å²) in [5, 5.41) is 10.6. The van der Waals surface area contributed by atoms with Crippen LogP contribution in [0.25, 0.3) is 0 Å². The van der Waals surface area contributed by atoms with E-state index in [1.807, 2.05) is 18.2 Å². The van der Waals surface area contributed by atoms with Gasteiger partial charge in [0.25, 0.3) is 0 Å². The van der Waals surface area contributed by atoms with Gasteiger partial charge in [0.15, 0.2) is 0 Å². The Morgan fingerprint density at radius 1 is 1.47 bits per heavy atom. The average molecular weight is 284 g/mol. The van der Waals surface area contributed by atoms with Crippen molar-refractivity contribution in [3.8, 4) is 5.75 Å². The molecule has 0 radical (unpaired) electrons. The minimum Gasteiger partial charge on any atom is -0.489 e. The summed E-state index contributed by atoms with van der Waals surface area (Å²) in [5.41, 5.74) is 0. The molecule has 0 unspecified atom stereocenters. The Balaban J connectivity index is 1.75. The van der Waals surface area contributed by atoms with Crippen molar-refractivity contribution >= 4 is 11.6 Å². The predicted molar refractivity (Wildman–Crippen MR) is 77.8 cm³/mol. The number of hydrogen-bond acceptors (Lipinski definition) is 3. The van der Waals surface area contributed by atoms with Gasteiger partial charge in [0, 0.05) is 13.1 Å². The summed E-state index contributed by atoms with van der Waals surface area (Å²) < 4.78 is 5.56. The number of ether oxygens (including phenoxy) is 1. The van der Waals surface area contributed by atoms with Crippen LogP contribution < -0.4 is 4.74 Å². The van der Waals surface area contributed by atoms with Crippen LogP contribution in [0.1, 0.15) is 19.8 Å². The Labute approximate surface area is 120 Å². The molecule has 1 heterocycles. The van der Waals surface area contributed by atoms with E-state index in [9.17, 15) is 5.11 Å². The second-order valence-corrected chi connectivity index (χ2v) is 5.81. The molecule has 1 aliphatic heterocycles. The molecule has 0 aromatic heterocycles. The van der Waals surface area contributed by atoms with Crippen LogP contribution in [0.15, 0.2) is 24.3 Å². The fourth-order valence-electron chi connectivity index (χ4n) is 2.55. The maximum Gasteiger partial charge on any atom is 0.138 e. The number of likely N-dealkylation sites (tertiary alicyclic amines) is 1. The third-order valence-electron chi connectivity index (χ3n) is 3.48. The molecule has 0 saturated carbocycles. The lowest BCUT2D eigenvalue weighted by molar-refractivity contribution is 0.0537. The average Bonchev–Trinajstić information content (AvgIpc) is 2.38. The molecule has 1 aliphatic rings. The van der Waals surface area contributed by atoms with Crippen molar-refractivity contribution in [1.82, 2.24) is 4.90 Å². The highest BCUT2D eigenvalue weighted by molar-refractivity contribution is 6.32. The molecule has 1 fully saturated rings. The van der Waals surface area contributed by atoms with Crippen molar-refractivity contribution in [2.45, 2.75) is 25.9 Å². The number of para-hydroxylation sites is 1. The molecule has 1 N–H and O–H groups in total. The molecule has 1 saturated heterocycles. The summed E-state index contributed by atoms with van der Waals surface area (Å²) >= 11 is 6.00. The third kappa shape index (κ3) is 4.68. The normalized spacial score (nSPS) is 22.2. The molecular weight excluding hydrogens is 262 g/mol. The fourth-order valence-corrected chi connectivity index (χ4v) is 2.74.